The van der Waals surface area contributed by atoms with E-state index in [0.29, 0.717) is 37.8 Å². The number of para-hydroxylation sites is 1. The fourth-order valence-corrected chi connectivity index (χ4v) is 5.06. The van der Waals surface area contributed by atoms with E-state index in [4.69, 9.17) is 0 Å². The molecule has 2 fully saturated rings. The lowest BCUT2D eigenvalue weighted by molar-refractivity contribution is -0.909. The summed E-state index contributed by atoms with van der Waals surface area (Å²) >= 11 is 0. The first-order valence-electron chi connectivity index (χ1n) is 11.0. The van der Waals surface area contributed by atoms with Crippen LogP contribution < -0.4 is 9.80 Å². The third-order valence-corrected chi connectivity index (χ3v) is 6.78. The molecule has 3 aliphatic rings. The van der Waals surface area contributed by atoms with E-state index in [2.05, 4.69) is 17.1 Å². The summed E-state index contributed by atoms with van der Waals surface area (Å²) in [5.74, 6) is 1.17. The molecule has 1 aromatic carbocycles. The predicted molar refractivity (Wildman–Crippen MR) is 110 cm³/mol. The van der Waals surface area contributed by atoms with Gasteiger partial charge in [0.05, 0.1) is 25.3 Å². The lowest BCUT2D eigenvalue weighted by atomic mass is 9.91. The van der Waals surface area contributed by atoms with Crippen LogP contribution in [0.1, 0.15) is 32.1 Å². The molecule has 1 atom stereocenters. The van der Waals surface area contributed by atoms with Gasteiger partial charge in [-0.05, 0) is 31.4 Å². The molecule has 2 aliphatic heterocycles. The highest BCUT2D eigenvalue weighted by molar-refractivity contribution is 5.79. The summed E-state index contributed by atoms with van der Waals surface area (Å²) in [6, 6.07) is 6.92. The van der Waals surface area contributed by atoms with Gasteiger partial charge in [0, 0.05) is 50.9 Å². The summed E-state index contributed by atoms with van der Waals surface area (Å²) < 4.78 is 14.0. The van der Waals surface area contributed by atoms with Gasteiger partial charge >= 0.3 is 0 Å². The molecule has 4 rings (SSSR count). The topological polar surface area (TPSA) is 28.0 Å². The molecule has 0 aromatic heterocycles. The van der Waals surface area contributed by atoms with Gasteiger partial charge in [-0.2, -0.15) is 0 Å². The number of piperidine rings is 1. The number of amides is 1. The highest BCUT2D eigenvalue weighted by atomic mass is 19.1. The zero-order valence-corrected chi connectivity index (χ0v) is 16.8. The molecule has 1 aromatic rings. The summed E-state index contributed by atoms with van der Waals surface area (Å²) in [5.41, 5.74) is 0.657. The maximum Gasteiger partial charge on any atom is 0.226 e. The zero-order valence-electron chi connectivity index (χ0n) is 16.8. The highest BCUT2D eigenvalue weighted by Gasteiger charge is 2.33. The standard InChI is InChI=1S/C23H32FN3O/c24-21-8-4-5-9-22(21)26-14-16-27(17-15-26)23(28)20-10-12-25(13-11-20)18-19-6-2-1-3-7-19/h1-2,4-5,8-9,19-20H,3,6-7,10-18H2/p+1/t19-/m0/s1. The second-order valence-electron chi connectivity index (χ2n) is 8.64. The Morgan fingerprint density at radius 3 is 2.46 bits per heavy atom. The van der Waals surface area contributed by atoms with Crippen molar-refractivity contribution in [1.29, 1.82) is 0 Å². The number of carbonyl (C=O) groups excluding carboxylic acids is 1. The number of likely N-dealkylation sites (tertiary alicyclic amines) is 1. The van der Waals surface area contributed by atoms with Crippen molar-refractivity contribution in [2.45, 2.75) is 32.1 Å². The molecule has 2 saturated heterocycles. The molecule has 0 saturated carbocycles. The Hall–Kier alpha value is -1.88. The molecule has 0 spiro atoms. The molecule has 2 heterocycles. The van der Waals surface area contributed by atoms with Gasteiger partial charge in [0.1, 0.15) is 5.82 Å². The number of allylic oxidation sites excluding steroid dienone is 2. The maximum atomic E-state index is 14.0. The average Bonchev–Trinajstić information content (AvgIpc) is 2.75. The van der Waals surface area contributed by atoms with E-state index in [9.17, 15) is 9.18 Å². The molecule has 0 bridgehead atoms. The summed E-state index contributed by atoms with van der Waals surface area (Å²) in [6.07, 6.45) is 10.5. The lowest BCUT2D eigenvalue weighted by Gasteiger charge is -2.39. The van der Waals surface area contributed by atoms with Crippen molar-refractivity contribution in [3.8, 4) is 0 Å². The molecule has 152 valence electrons. The largest absolute Gasteiger partial charge is 0.366 e. The number of nitrogens with zero attached hydrogens (tertiary/aromatic N) is 2. The minimum atomic E-state index is -0.175. The van der Waals surface area contributed by atoms with Crippen molar-refractivity contribution in [1.82, 2.24) is 4.90 Å². The van der Waals surface area contributed by atoms with Crippen molar-refractivity contribution < 1.29 is 14.1 Å². The van der Waals surface area contributed by atoms with Gasteiger partial charge in [0.25, 0.3) is 0 Å². The van der Waals surface area contributed by atoms with E-state index in [0.717, 1.165) is 31.8 Å². The molecule has 0 unspecified atom stereocenters. The normalized spacial score (nSPS) is 28.4. The number of halogens is 1. The predicted octanol–water partition coefficient (Wildman–Crippen LogP) is 2.13. The van der Waals surface area contributed by atoms with Crippen LogP contribution in [0.5, 0.6) is 0 Å². The van der Waals surface area contributed by atoms with Gasteiger partial charge in [0.15, 0.2) is 0 Å². The quantitative estimate of drug-likeness (QED) is 0.803. The third kappa shape index (κ3) is 4.57. The van der Waals surface area contributed by atoms with Crippen LogP contribution in [0.2, 0.25) is 0 Å². The number of quaternary nitrogens is 1. The third-order valence-electron chi connectivity index (χ3n) is 6.78. The van der Waals surface area contributed by atoms with Crippen molar-refractivity contribution in [2.24, 2.45) is 11.8 Å². The van der Waals surface area contributed by atoms with Gasteiger partial charge in [-0.15, -0.1) is 0 Å². The number of hydrogen-bond acceptors (Lipinski definition) is 2. The lowest BCUT2D eigenvalue weighted by Crippen LogP contribution is -3.13. The first-order chi connectivity index (χ1) is 13.7. The molecular weight excluding hydrogens is 353 g/mol. The van der Waals surface area contributed by atoms with E-state index in [-0.39, 0.29) is 11.7 Å². The van der Waals surface area contributed by atoms with Gasteiger partial charge in [0.2, 0.25) is 5.91 Å². The Balaban J connectivity index is 1.23. The Kier molecular flexibility index (Phi) is 6.30. The maximum absolute atomic E-state index is 14.0. The van der Waals surface area contributed by atoms with Gasteiger partial charge in [-0.25, -0.2) is 4.39 Å². The number of anilines is 1. The van der Waals surface area contributed by atoms with Gasteiger partial charge in [-0.1, -0.05) is 24.3 Å². The molecular formula is C23H33FN3O+. The van der Waals surface area contributed by atoms with Crippen LogP contribution in [0, 0.1) is 17.7 Å². The second kappa shape index (κ2) is 9.08. The van der Waals surface area contributed by atoms with E-state index >= 15 is 0 Å². The van der Waals surface area contributed by atoms with Crippen LogP contribution in [0.25, 0.3) is 0 Å². The van der Waals surface area contributed by atoms with E-state index in [1.165, 1.54) is 31.9 Å². The van der Waals surface area contributed by atoms with E-state index in [1.807, 2.05) is 17.0 Å². The fourth-order valence-electron chi connectivity index (χ4n) is 5.06. The Bertz CT molecular complexity index is 691. The number of rotatable bonds is 4. The fraction of sp³-hybridized carbons (Fsp3) is 0.609. The molecule has 1 N–H and O–H groups in total. The van der Waals surface area contributed by atoms with Crippen LogP contribution in [-0.2, 0) is 4.79 Å². The Morgan fingerprint density at radius 2 is 1.79 bits per heavy atom. The molecule has 0 radical (unpaired) electrons. The molecule has 1 aliphatic carbocycles. The molecule has 28 heavy (non-hydrogen) atoms. The van der Waals surface area contributed by atoms with Crippen LogP contribution in [-0.4, -0.2) is 56.6 Å². The van der Waals surface area contributed by atoms with Gasteiger partial charge in [-0.3, -0.25) is 4.79 Å². The SMILES string of the molecule is O=C(C1CC[NH+](C[C@H]2CC=CCC2)CC1)N1CCN(c2ccccc2F)CC1. The molecule has 1 amide bonds. The highest BCUT2D eigenvalue weighted by Crippen LogP contribution is 2.22. The van der Waals surface area contributed by atoms with Crippen LogP contribution >= 0.6 is 0 Å². The molecule has 4 nitrogen and oxygen atoms in total. The number of nitrogens with one attached hydrogen (secondary N) is 1. The zero-order chi connectivity index (χ0) is 19.3. The summed E-state index contributed by atoms with van der Waals surface area (Å²) in [7, 11) is 0. The Labute approximate surface area is 168 Å². The first kappa shape index (κ1) is 19.4. The van der Waals surface area contributed by atoms with Crippen molar-refractivity contribution in [2.75, 3.05) is 50.7 Å². The second-order valence-corrected chi connectivity index (χ2v) is 8.64. The van der Waals surface area contributed by atoms with E-state index in [1.54, 1.807) is 11.0 Å². The summed E-state index contributed by atoms with van der Waals surface area (Å²) in [6.45, 7) is 6.37. The summed E-state index contributed by atoms with van der Waals surface area (Å²) in [5, 5.41) is 0. The smallest absolute Gasteiger partial charge is 0.226 e. The number of benzene rings is 1. The van der Waals surface area contributed by atoms with Crippen LogP contribution in [0.3, 0.4) is 0 Å². The van der Waals surface area contributed by atoms with E-state index < -0.39 is 0 Å². The first-order valence-corrected chi connectivity index (χ1v) is 11.0. The Morgan fingerprint density at radius 1 is 1.04 bits per heavy atom. The van der Waals surface area contributed by atoms with Crippen molar-refractivity contribution >= 4 is 11.6 Å². The number of carbonyl (C=O) groups is 1. The minimum absolute atomic E-state index is 0.175. The number of piperazine rings is 1. The van der Waals surface area contributed by atoms with Crippen molar-refractivity contribution in [3.63, 3.8) is 0 Å². The monoisotopic (exact) mass is 386 g/mol. The van der Waals surface area contributed by atoms with Gasteiger partial charge < -0.3 is 14.7 Å². The number of hydrogen-bond donors (Lipinski definition) is 1. The minimum Gasteiger partial charge on any atom is -0.366 e. The average molecular weight is 387 g/mol. The van der Waals surface area contributed by atoms with Crippen molar-refractivity contribution in [3.05, 3.63) is 42.2 Å². The molecule has 5 heteroatoms. The van der Waals surface area contributed by atoms with Crippen LogP contribution in [0.15, 0.2) is 36.4 Å². The summed E-state index contributed by atoms with van der Waals surface area (Å²) in [4.78, 5) is 18.7. The van der Waals surface area contributed by atoms with Crippen LogP contribution in [0.4, 0.5) is 10.1 Å².